The molecule has 0 fully saturated rings. The summed E-state index contributed by atoms with van der Waals surface area (Å²) in [6.07, 6.45) is -0.727. The van der Waals surface area contributed by atoms with Gasteiger partial charge in [0.1, 0.15) is 18.2 Å². The number of ether oxygens (including phenoxy) is 1. The van der Waals surface area contributed by atoms with Crippen molar-refractivity contribution in [1.82, 2.24) is 5.32 Å². The number of carbonyl (C=O) groups is 4. The van der Waals surface area contributed by atoms with Gasteiger partial charge in [-0.15, -0.1) is 0 Å². The molecule has 0 aliphatic heterocycles. The van der Waals surface area contributed by atoms with E-state index in [1.54, 1.807) is 0 Å². The van der Waals surface area contributed by atoms with Crippen LogP contribution in [0.3, 0.4) is 0 Å². The summed E-state index contributed by atoms with van der Waals surface area (Å²) in [5.41, 5.74) is 17.4. The van der Waals surface area contributed by atoms with Gasteiger partial charge in [-0.05, 0) is 36.8 Å². The number of carboxylic acid groups (broad SMARTS) is 2. The second kappa shape index (κ2) is 12.5. The molecule has 0 radical (unpaired) electrons. The van der Waals surface area contributed by atoms with Crippen LogP contribution < -0.4 is 27.3 Å². The Morgan fingerprint density at radius 2 is 1.64 bits per heavy atom. The fourth-order valence-electron chi connectivity index (χ4n) is 3.04. The standard InChI is InChI=1S/C23H26N6O7/c24-20(25)14-2-1-13(9-17(30)22(34)35)18(10-14)36-11-16(7-8-19(31)32)28-21(33)12-3-5-15(6-4-12)29-23(26)27/h1-6,10,16H,7-9,11H2,(H3,24,25)(H,28,33)(H,31,32)(H,34,35)(H4,26,27,29). The Morgan fingerprint density at radius 3 is 2.19 bits per heavy atom. The average molecular weight is 498 g/mol. The lowest BCUT2D eigenvalue weighted by molar-refractivity contribution is -0.148. The highest BCUT2D eigenvalue weighted by molar-refractivity contribution is 6.33. The first kappa shape index (κ1) is 27.3. The lowest BCUT2D eigenvalue weighted by Gasteiger charge is -2.20. The molecule has 13 heteroatoms. The Kier molecular flexibility index (Phi) is 9.48. The van der Waals surface area contributed by atoms with Crippen LogP contribution in [0.25, 0.3) is 0 Å². The monoisotopic (exact) mass is 498 g/mol. The van der Waals surface area contributed by atoms with Crippen molar-refractivity contribution in [2.24, 2.45) is 22.2 Å². The molecule has 1 atom stereocenters. The molecule has 0 saturated carbocycles. The SMILES string of the molecule is N=C(N)c1ccc(CC(=O)C(=O)O)c(OCC(CCC(=O)O)NC(=O)c2ccc(N=C(N)N)cc2)c1. The number of nitrogens with zero attached hydrogens (tertiary/aromatic N) is 1. The van der Waals surface area contributed by atoms with Gasteiger partial charge in [-0.3, -0.25) is 19.8 Å². The smallest absolute Gasteiger partial charge is 0.372 e. The Balaban J connectivity index is 2.22. The molecule has 0 aliphatic carbocycles. The number of hydrogen-bond acceptors (Lipinski definition) is 7. The van der Waals surface area contributed by atoms with Crippen molar-refractivity contribution in [3.63, 3.8) is 0 Å². The maximum absolute atomic E-state index is 12.7. The van der Waals surface area contributed by atoms with Gasteiger partial charge in [0.15, 0.2) is 5.96 Å². The van der Waals surface area contributed by atoms with Crippen LogP contribution in [0, 0.1) is 5.41 Å². The molecule has 10 N–H and O–H groups in total. The van der Waals surface area contributed by atoms with E-state index in [0.29, 0.717) is 5.69 Å². The zero-order valence-electron chi connectivity index (χ0n) is 19.1. The molecule has 1 unspecified atom stereocenters. The van der Waals surface area contributed by atoms with E-state index in [1.807, 2.05) is 0 Å². The first-order chi connectivity index (χ1) is 17.0. The number of nitrogen functional groups attached to an aromatic ring is 1. The fourth-order valence-corrected chi connectivity index (χ4v) is 3.04. The van der Waals surface area contributed by atoms with Crippen LogP contribution in [0.2, 0.25) is 0 Å². The molecular formula is C23H26N6O7. The van der Waals surface area contributed by atoms with E-state index in [9.17, 15) is 19.2 Å². The summed E-state index contributed by atoms with van der Waals surface area (Å²) in [4.78, 5) is 50.4. The van der Waals surface area contributed by atoms with Crippen LogP contribution in [0.15, 0.2) is 47.5 Å². The van der Waals surface area contributed by atoms with E-state index >= 15 is 0 Å². The van der Waals surface area contributed by atoms with Crippen LogP contribution in [0.1, 0.15) is 34.3 Å². The number of nitrogens with two attached hydrogens (primary N) is 3. The fraction of sp³-hybridized carbons (Fsp3) is 0.217. The van der Waals surface area contributed by atoms with Crippen molar-refractivity contribution in [3.8, 4) is 5.75 Å². The van der Waals surface area contributed by atoms with Gasteiger partial charge in [-0.1, -0.05) is 12.1 Å². The lowest BCUT2D eigenvalue weighted by atomic mass is 10.0. The Morgan fingerprint density at radius 1 is 1.00 bits per heavy atom. The minimum absolute atomic E-state index is 0.0168. The summed E-state index contributed by atoms with van der Waals surface area (Å²) in [6.45, 7) is -0.208. The van der Waals surface area contributed by atoms with Gasteiger partial charge in [0, 0.05) is 29.5 Å². The molecule has 0 aliphatic rings. The minimum Gasteiger partial charge on any atom is -0.491 e. The predicted molar refractivity (Wildman–Crippen MR) is 129 cm³/mol. The summed E-state index contributed by atoms with van der Waals surface area (Å²) >= 11 is 0. The van der Waals surface area contributed by atoms with E-state index in [4.69, 9.17) is 37.6 Å². The molecule has 0 bridgehead atoms. The van der Waals surface area contributed by atoms with E-state index in [0.717, 1.165) is 0 Å². The van der Waals surface area contributed by atoms with Gasteiger partial charge in [-0.25, -0.2) is 9.79 Å². The van der Waals surface area contributed by atoms with Crippen LogP contribution in [0.5, 0.6) is 5.75 Å². The van der Waals surface area contributed by atoms with E-state index in [1.165, 1.54) is 42.5 Å². The van der Waals surface area contributed by atoms with Crippen LogP contribution in [-0.2, 0) is 20.8 Å². The number of guanidine groups is 1. The number of ketones is 1. The molecule has 2 aromatic carbocycles. The summed E-state index contributed by atoms with van der Waals surface area (Å²) in [7, 11) is 0. The molecule has 2 rings (SSSR count). The highest BCUT2D eigenvalue weighted by Crippen LogP contribution is 2.22. The van der Waals surface area contributed by atoms with Crippen molar-refractivity contribution in [2.45, 2.75) is 25.3 Å². The van der Waals surface area contributed by atoms with Crippen molar-refractivity contribution in [3.05, 3.63) is 59.2 Å². The van der Waals surface area contributed by atoms with Gasteiger partial charge in [0.05, 0.1) is 11.7 Å². The number of amides is 1. The number of carboxylic acids is 2. The topological polar surface area (TPSA) is 244 Å². The van der Waals surface area contributed by atoms with Crippen molar-refractivity contribution in [2.75, 3.05) is 6.61 Å². The summed E-state index contributed by atoms with van der Waals surface area (Å²) in [6, 6.07) is 9.47. The van der Waals surface area contributed by atoms with E-state index in [2.05, 4.69) is 10.3 Å². The molecule has 190 valence electrons. The van der Waals surface area contributed by atoms with E-state index in [-0.39, 0.29) is 53.7 Å². The summed E-state index contributed by atoms with van der Waals surface area (Å²) < 4.78 is 5.75. The normalized spacial score (nSPS) is 11.1. The predicted octanol–water partition coefficient (Wildman–Crippen LogP) is 0.114. The molecule has 0 spiro atoms. The molecule has 0 saturated heterocycles. The zero-order chi connectivity index (χ0) is 26.8. The van der Waals surface area contributed by atoms with Gasteiger partial charge in [0.2, 0.25) is 5.78 Å². The second-order valence-electron chi connectivity index (χ2n) is 7.64. The largest absolute Gasteiger partial charge is 0.491 e. The van der Waals surface area contributed by atoms with Crippen LogP contribution in [-0.4, -0.2) is 58.3 Å². The number of aliphatic carboxylic acids is 2. The van der Waals surface area contributed by atoms with Gasteiger partial charge in [-0.2, -0.15) is 0 Å². The molecule has 0 aromatic heterocycles. The minimum atomic E-state index is -1.62. The van der Waals surface area contributed by atoms with Gasteiger partial charge < -0.3 is 37.5 Å². The lowest BCUT2D eigenvalue weighted by Crippen LogP contribution is -2.39. The van der Waals surface area contributed by atoms with Crippen LogP contribution >= 0.6 is 0 Å². The number of amidine groups is 1. The first-order valence-electron chi connectivity index (χ1n) is 10.5. The Labute approximate surface area is 205 Å². The molecule has 0 heterocycles. The van der Waals surface area contributed by atoms with Crippen molar-refractivity contribution in [1.29, 1.82) is 5.41 Å². The molecule has 1 amide bonds. The number of carbonyl (C=O) groups excluding carboxylic acids is 2. The third-order valence-electron chi connectivity index (χ3n) is 4.84. The van der Waals surface area contributed by atoms with Crippen molar-refractivity contribution < 1.29 is 34.1 Å². The third-order valence-corrected chi connectivity index (χ3v) is 4.84. The number of nitrogens with one attached hydrogen (secondary N) is 2. The molecule has 13 nitrogen and oxygen atoms in total. The number of aliphatic imine (C=N–C) groups is 1. The maximum atomic E-state index is 12.7. The molecule has 2 aromatic rings. The number of hydrogen-bond donors (Lipinski definition) is 7. The van der Waals surface area contributed by atoms with Crippen molar-refractivity contribution >= 4 is 41.1 Å². The first-order valence-corrected chi connectivity index (χ1v) is 10.5. The molecular weight excluding hydrogens is 472 g/mol. The van der Waals surface area contributed by atoms with Gasteiger partial charge >= 0.3 is 11.9 Å². The quantitative estimate of drug-likeness (QED) is 0.112. The number of Topliss-reactive ketones (excluding diaryl/α,β-unsaturated/α-hetero) is 1. The Bertz CT molecular complexity index is 1190. The third kappa shape index (κ3) is 8.44. The zero-order valence-corrected chi connectivity index (χ0v) is 19.1. The highest BCUT2D eigenvalue weighted by atomic mass is 16.5. The van der Waals surface area contributed by atoms with Gasteiger partial charge in [0.25, 0.3) is 5.91 Å². The maximum Gasteiger partial charge on any atom is 0.372 e. The summed E-state index contributed by atoms with van der Waals surface area (Å²) in [5.74, 6) is -4.63. The average Bonchev–Trinajstić information content (AvgIpc) is 2.81. The number of rotatable bonds is 13. The number of benzene rings is 2. The summed E-state index contributed by atoms with van der Waals surface area (Å²) in [5, 5.41) is 28.3. The van der Waals surface area contributed by atoms with E-state index < -0.39 is 36.1 Å². The van der Waals surface area contributed by atoms with Crippen LogP contribution in [0.4, 0.5) is 5.69 Å². The second-order valence-corrected chi connectivity index (χ2v) is 7.64. The highest BCUT2D eigenvalue weighted by Gasteiger charge is 2.20. The molecule has 36 heavy (non-hydrogen) atoms. The Hall–Kier alpha value is -4.94.